The van der Waals surface area contributed by atoms with Gasteiger partial charge in [-0.3, -0.25) is 19.5 Å². The molecule has 2 aliphatic heterocycles. The molecule has 1 N–H and O–H groups in total. The van der Waals surface area contributed by atoms with Crippen LogP contribution in [-0.2, 0) is 16.0 Å². The molecule has 11 heteroatoms. The SMILES string of the molecule is C[C@@H]1CN(c2ccc(OC(F)(F)F)cc2)CCN1CC(=O)Nc1cnc2c(c1)OC(=O)C2. The number of carbonyl (C=O) groups excluding carboxylic acids is 2. The Morgan fingerprint density at radius 3 is 2.72 bits per heavy atom. The van der Waals surface area contributed by atoms with Gasteiger partial charge in [0.05, 0.1) is 30.5 Å². The number of hydrogen-bond acceptors (Lipinski definition) is 7. The first-order valence-electron chi connectivity index (χ1n) is 10.0. The molecule has 32 heavy (non-hydrogen) atoms. The van der Waals surface area contributed by atoms with E-state index in [9.17, 15) is 22.8 Å². The number of amides is 1. The summed E-state index contributed by atoms with van der Waals surface area (Å²) in [6.07, 6.45) is -3.10. The molecule has 0 bridgehead atoms. The van der Waals surface area contributed by atoms with E-state index in [2.05, 4.69) is 19.9 Å². The molecule has 1 aromatic heterocycles. The van der Waals surface area contributed by atoms with Gasteiger partial charge in [0, 0.05) is 37.4 Å². The van der Waals surface area contributed by atoms with Crippen molar-refractivity contribution in [1.29, 1.82) is 0 Å². The van der Waals surface area contributed by atoms with Crippen molar-refractivity contribution in [2.24, 2.45) is 0 Å². The van der Waals surface area contributed by atoms with Crippen molar-refractivity contribution in [3.63, 3.8) is 0 Å². The van der Waals surface area contributed by atoms with E-state index in [4.69, 9.17) is 4.74 Å². The summed E-state index contributed by atoms with van der Waals surface area (Å²) >= 11 is 0. The van der Waals surface area contributed by atoms with Crippen LogP contribution in [0.1, 0.15) is 12.6 Å². The highest BCUT2D eigenvalue weighted by Crippen LogP contribution is 2.28. The van der Waals surface area contributed by atoms with E-state index in [1.54, 1.807) is 18.2 Å². The normalized spacial score (nSPS) is 18.8. The third-order valence-corrected chi connectivity index (χ3v) is 5.30. The van der Waals surface area contributed by atoms with Gasteiger partial charge in [0.25, 0.3) is 0 Å². The number of halogens is 3. The molecule has 1 saturated heterocycles. The minimum absolute atomic E-state index is 0.0414. The number of fused-ring (bicyclic) bond motifs is 1. The Bertz CT molecular complexity index is 1010. The average molecular weight is 450 g/mol. The average Bonchev–Trinajstić information content (AvgIpc) is 3.08. The maximum atomic E-state index is 12.5. The first-order valence-corrected chi connectivity index (χ1v) is 10.0. The Morgan fingerprint density at radius 1 is 1.28 bits per heavy atom. The lowest BCUT2D eigenvalue weighted by Crippen LogP contribution is -2.53. The van der Waals surface area contributed by atoms with Gasteiger partial charge in [0.2, 0.25) is 5.91 Å². The lowest BCUT2D eigenvalue weighted by atomic mass is 10.1. The molecule has 2 aromatic rings. The number of hydrogen-bond donors (Lipinski definition) is 1. The molecule has 0 aliphatic carbocycles. The number of alkyl halides is 3. The third-order valence-electron chi connectivity index (χ3n) is 5.30. The van der Waals surface area contributed by atoms with Crippen molar-refractivity contribution >= 4 is 23.3 Å². The summed E-state index contributed by atoms with van der Waals surface area (Å²) in [6, 6.07) is 7.37. The Labute approximate surface area is 181 Å². The van der Waals surface area contributed by atoms with Crippen LogP contribution in [0.15, 0.2) is 36.5 Å². The molecule has 0 spiro atoms. The van der Waals surface area contributed by atoms with Crippen LogP contribution in [0.3, 0.4) is 0 Å². The molecule has 1 atom stereocenters. The second-order valence-electron chi connectivity index (χ2n) is 7.68. The zero-order valence-electron chi connectivity index (χ0n) is 17.2. The molecule has 1 amide bonds. The van der Waals surface area contributed by atoms with Crippen LogP contribution in [0.25, 0.3) is 0 Å². The molecule has 3 heterocycles. The number of esters is 1. The van der Waals surface area contributed by atoms with Gasteiger partial charge in [-0.1, -0.05) is 0 Å². The summed E-state index contributed by atoms with van der Waals surface area (Å²) in [5, 5.41) is 2.77. The Kier molecular flexibility index (Phi) is 5.92. The summed E-state index contributed by atoms with van der Waals surface area (Å²) in [7, 11) is 0. The highest BCUT2D eigenvalue weighted by Gasteiger charge is 2.31. The third kappa shape index (κ3) is 5.28. The first kappa shape index (κ1) is 21.9. The molecule has 170 valence electrons. The number of nitrogens with zero attached hydrogens (tertiary/aromatic N) is 3. The standard InChI is InChI=1S/C21H21F3N4O4/c1-13-11-28(15-2-4-16(5-3-15)32-21(22,23)24)7-6-27(13)12-19(29)26-14-8-18-17(25-10-14)9-20(30)31-18/h2-5,8,10,13H,6-7,9,11-12H2,1H3,(H,26,29)/t13-/m1/s1. The zero-order chi connectivity index (χ0) is 22.9. The Morgan fingerprint density at radius 2 is 2.03 bits per heavy atom. The van der Waals surface area contributed by atoms with Gasteiger partial charge in [-0.15, -0.1) is 13.2 Å². The van der Waals surface area contributed by atoms with Crippen LogP contribution in [0.4, 0.5) is 24.5 Å². The highest BCUT2D eigenvalue weighted by atomic mass is 19.4. The zero-order valence-corrected chi connectivity index (χ0v) is 17.2. The molecular formula is C21H21F3N4O4. The maximum Gasteiger partial charge on any atom is 0.573 e. The predicted molar refractivity (Wildman–Crippen MR) is 109 cm³/mol. The van der Waals surface area contributed by atoms with Crippen molar-refractivity contribution in [3.8, 4) is 11.5 Å². The molecule has 0 radical (unpaired) electrons. The summed E-state index contributed by atoms with van der Waals surface area (Å²) in [5.74, 6) is -0.489. The second kappa shape index (κ2) is 8.65. The molecule has 8 nitrogen and oxygen atoms in total. The van der Waals surface area contributed by atoms with E-state index in [0.29, 0.717) is 36.8 Å². The van der Waals surface area contributed by atoms with Gasteiger partial charge < -0.3 is 19.7 Å². The molecule has 1 aromatic carbocycles. The van der Waals surface area contributed by atoms with Crippen molar-refractivity contribution in [2.45, 2.75) is 25.7 Å². The van der Waals surface area contributed by atoms with Crippen LogP contribution in [0, 0.1) is 0 Å². The molecule has 2 aliphatic rings. The minimum Gasteiger partial charge on any atom is -0.424 e. The van der Waals surface area contributed by atoms with Gasteiger partial charge in [0.15, 0.2) is 5.75 Å². The van der Waals surface area contributed by atoms with Crippen molar-refractivity contribution in [1.82, 2.24) is 9.88 Å². The summed E-state index contributed by atoms with van der Waals surface area (Å²) < 4.78 is 45.9. The van der Waals surface area contributed by atoms with Crippen LogP contribution in [0.5, 0.6) is 11.5 Å². The lowest BCUT2D eigenvalue weighted by molar-refractivity contribution is -0.274. The molecule has 4 rings (SSSR count). The van der Waals surface area contributed by atoms with Crippen molar-refractivity contribution < 1.29 is 32.2 Å². The van der Waals surface area contributed by atoms with E-state index >= 15 is 0 Å². The van der Waals surface area contributed by atoms with Crippen LogP contribution >= 0.6 is 0 Å². The van der Waals surface area contributed by atoms with Crippen LogP contribution < -0.4 is 19.7 Å². The largest absolute Gasteiger partial charge is 0.573 e. The number of anilines is 2. The Hall–Kier alpha value is -3.34. The first-order chi connectivity index (χ1) is 15.2. The van der Waals surface area contributed by atoms with Gasteiger partial charge in [-0.2, -0.15) is 0 Å². The number of nitrogens with one attached hydrogen (secondary N) is 1. The van der Waals surface area contributed by atoms with E-state index < -0.39 is 6.36 Å². The van der Waals surface area contributed by atoms with E-state index in [-0.39, 0.29) is 36.6 Å². The lowest BCUT2D eigenvalue weighted by Gasteiger charge is -2.40. The molecular weight excluding hydrogens is 429 g/mol. The van der Waals surface area contributed by atoms with Crippen LogP contribution in [-0.4, -0.2) is 60.3 Å². The maximum absolute atomic E-state index is 12.5. The fraction of sp³-hybridized carbons (Fsp3) is 0.381. The monoisotopic (exact) mass is 450 g/mol. The van der Waals surface area contributed by atoms with Gasteiger partial charge in [0.1, 0.15) is 5.75 Å². The molecule has 0 unspecified atom stereocenters. The summed E-state index contributed by atoms with van der Waals surface area (Å²) in [5.41, 5.74) is 1.79. The number of piperazine rings is 1. The number of aromatic nitrogens is 1. The molecule has 0 saturated carbocycles. The highest BCUT2D eigenvalue weighted by molar-refractivity contribution is 5.92. The number of carbonyl (C=O) groups is 2. The number of rotatable bonds is 5. The topological polar surface area (TPSA) is 84.0 Å². The Balaban J connectivity index is 1.29. The van der Waals surface area contributed by atoms with Crippen molar-refractivity contribution in [3.05, 3.63) is 42.2 Å². The fourth-order valence-electron chi connectivity index (χ4n) is 3.77. The van der Waals surface area contributed by atoms with Gasteiger partial charge in [-0.05, 0) is 31.2 Å². The van der Waals surface area contributed by atoms with Crippen LogP contribution in [0.2, 0.25) is 0 Å². The van der Waals surface area contributed by atoms with E-state index in [0.717, 1.165) is 5.69 Å². The minimum atomic E-state index is -4.72. The van der Waals surface area contributed by atoms with Gasteiger partial charge >= 0.3 is 12.3 Å². The van der Waals surface area contributed by atoms with E-state index in [1.165, 1.54) is 18.3 Å². The number of ether oxygens (including phenoxy) is 2. The quantitative estimate of drug-likeness (QED) is 0.701. The number of pyridine rings is 1. The summed E-state index contributed by atoms with van der Waals surface area (Å²) in [4.78, 5) is 32.0. The van der Waals surface area contributed by atoms with E-state index in [1.807, 2.05) is 11.8 Å². The smallest absolute Gasteiger partial charge is 0.424 e. The van der Waals surface area contributed by atoms with Gasteiger partial charge in [-0.25, -0.2) is 0 Å². The fourth-order valence-corrected chi connectivity index (χ4v) is 3.77. The molecule has 1 fully saturated rings. The summed E-state index contributed by atoms with van der Waals surface area (Å²) in [6.45, 7) is 3.99. The van der Waals surface area contributed by atoms with Crippen molar-refractivity contribution in [2.75, 3.05) is 36.4 Å². The number of benzene rings is 1. The second-order valence-corrected chi connectivity index (χ2v) is 7.68. The predicted octanol–water partition coefficient (Wildman–Crippen LogP) is 2.59.